The average Bonchev–Trinajstić information content (AvgIpc) is 3.24. The van der Waals surface area contributed by atoms with Crippen LogP contribution >= 0.6 is 11.3 Å². The largest absolute Gasteiger partial charge is 0.328 e. The number of carbonyl (C=O) groups excluding carboxylic acids is 1. The number of aryl methyl sites for hydroxylation is 2. The lowest BCUT2D eigenvalue weighted by molar-refractivity contribution is -0.113. The summed E-state index contributed by atoms with van der Waals surface area (Å²) >= 11 is 1.63. The molecular formula is C19H19N5OS. The third-order valence-corrected chi connectivity index (χ3v) is 5.65. The van der Waals surface area contributed by atoms with E-state index in [-0.39, 0.29) is 11.9 Å². The first-order chi connectivity index (χ1) is 12.6. The highest BCUT2D eigenvalue weighted by atomic mass is 32.1. The predicted molar refractivity (Wildman–Crippen MR) is 103 cm³/mol. The maximum absolute atomic E-state index is 13.2. The zero-order valence-corrected chi connectivity index (χ0v) is 15.6. The molecule has 1 atom stereocenters. The molecule has 0 fully saturated rings. The number of benzene rings is 1. The number of thiophene rings is 1. The van der Waals surface area contributed by atoms with Gasteiger partial charge in [0.1, 0.15) is 12.4 Å². The topological polar surface area (TPSA) is 71.8 Å². The molecule has 1 aliphatic heterocycles. The van der Waals surface area contributed by atoms with E-state index in [0.717, 1.165) is 27.4 Å². The fraction of sp³-hybridized carbons (Fsp3) is 0.211. The fourth-order valence-corrected chi connectivity index (χ4v) is 4.21. The maximum Gasteiger partial charge on any atom is 0.255 e. The standard InChI is InChI=1S/C19H19N5OS/c1-11-6-4-5-7-14(11)23-18(25)15-13(3)22-19-20-10-21-24(19)16(15)17-12(2)8-9-26-17/h4-10,16H,1-3H3,(H,23,25)(H,20,21,22). The average molecular weight is 365 g/mol. The van der Waals surface area contributed by atoms with Crippen LogP contribution in [0.5, 0.6) is 0 Å². The number of anilines is 2. The first kappa shape index (κ1) is 16.5. The first-order valence-electron chi connectivity index (χ1n) is 8.34. The van der Waals surface area contributed by atoms with Crippen LogP contribution in [0, 0.1) is 13.8 Å². The van der Waals surface area contributed by atoms with Gasteiger partial charge in [0.25, 0.3) is 5.91 Å². The molecular weight excluding hydrogens is 346 g/mol. The summed E-state index contributed by atoms with van der Waals surface area (Å²) in [5.74, 6) is 0.510. The second kappa shape index (κ2) is 6.42. The van der Waals surface area contributed by atoms with E-state index in [1.54, 1.807) is 16.0 Å². The second-order valence-electron chi connectivity index (χ2n) is 6.33. The third kappa shape index (κ3) is 2.70. The number of nitrogens with one attached hydrogen (secondary N) is 2. The van der Waals surface area contributed by atoms with E-state index in [4.69, 9.17) is 0 Å². The van der Waals surface area contributed by atoms with E-state index >= 15 is 0 Å². The molecule has 0 radical (unpaired) electrons. The monoisotopic (exact) mass is 365 g/mol. The summed E-state index contributed by atoms with van der Waals surface area (Å²) < 4.78 is 1.78. The number of fused-ring (bicyclic) bond motifs is 1. The number of allylic oxidation sites excluding steroid dienone is 1. The number of nitrogens with zero attached hydrogens (tertiary/aromatic N) is 3. The maximum atomic E-state index is 13.2. The molecule has 1 amide bonds. The molecule has 0 saturated heterocycles. The smallest absolute Gasteiger partial charge is 0.255 e. The van der Waals surface area contributed by atoms with Crippen molar-refractivity contribution in [2.75, 3.05) is 10.6 Å². The summed E-state index contributed by atoms with van der Waals surface area (Å²) in [4.78, 5) is 18.6. The number of carbonyl (C=O) groups is 1. The van der Waals surface area contributed by atoms with Crippen LogP contribution < -0.4 is 10.6 Å². The quantitative estimate of drug-likeness (QED) is 0.739. The van der Waals surface area contributed by atoms with Crippen LogP contribution in [0.4, 0.5) is 11.6 Å². The molecule has 0 aliphatic carbocycles. The van der Waals surface area contributed by atoms with Crippen LogP contribution in [-0.2, 0) is 4.79 Å². The highest BCUT2D eigenvalue weighted by Gasteiger charge is 2.34. The number of aromatic nitrogens is 3. The summed E-state index contributed by atoms with van der Waals surface area (Å²) in [6.07, 6.45) is 1.51. The summed E-state index contributed by atoms with van der Waals surface area (Å²) in [5, 5.41) is 12.6. The number of hydrogen-bond acceptors (Lipinski definition) is 5. The van der Waals surface area contributed by atoms with Gasteiger partial charge in [0.15, 0.2) is 0 Å². The van der Waals surface area contributed by atoms with E-state index in [1.807, 2.05) is 43.5 Å². The number of para-hydroxylation sites is 1. The van der Waals surface area contributed by atoms with Gasteiger partial charge in [-0.2, -0.15) is 10.1 Å². The summed E-state index contributed by atoms with van der Waals surface area (Å²) in [6.45, 7) is 5.93. The molecule has 0 saturated carbocycles. The van der Waals surface area contributed by atoms with Crippen molar-refractivity contribution >= 4 is 28.9 Å². The SMILES string of the molecule is CC1=C(C(=O)Nc2ccccc2C)C(c2sccc2C)n2ncnc2N1. The van der Waals surface area contributed by atoms with E-state index < -0.39 is 0 Å². The molecule has 1 unspecified atom stereocenters. The molecule has 1 aliphatic rings. The summed E-state index contributed by atoms with van der Waals surface area (Å²) in [7, 11) is 0. The Hall–Kier alpha value is -2.93. The second-order valence-corrected chi connectivity index (χ2v) is 7.28. The fourth-order valence-electron chi connectivity index (χ4n) is 3.19. The zero-order chi connectivity index (χ0) is 18.3. The van der Waals surface area contributed by atoms with Gasteiger partial charge < -0.3 is 10.6 Å². The Morgan fingerprint density at radius 1 is 1.19 bits per heavy atom. The lowest BCUT2D eigenvalue weighted by Crippen LogP contribution is -2.31. The Balaban J connectivity index is 1.78. The molecule has 2 N–H and O–H groups in total. The number of hydrogen-bond donors (Lipinski definition) is 2. The normalized spacial score (nSPS) is 16.2. The van der Waals surface area contributed by atoms with Crippen LogP contribution in [0.3, 0.4) is 0 Å². The lowest BCUT2D eigenvalue weighted by Gasteiger charge is -2.28. The molecule has 4 rings (SSSR count). The van der Waals surface area contributed by atoms with Gasteiger partial charge in [-0.3, -0.25) is 4.79 Å². The Labute approximate surface area is 155 Å². The van der Waals surface area contributed by atoms with E-state index in [1.165, 1.54) is 6.33 Å². The molecule has 0 bridgehead atoms. The van der Waals surface area contributed by atoms with E-state index in [9.17, 15) is 4.79 Å². The molecule has 3 aromatic rings. The Kier molecular flexibility index (Phi) is 4.08. The van der Waals surface area contributed by atoms with Gasteiger partial charge in [0.05, 0.1) is 5.57 Å². The molecule has 1 aromatic carbocycles. The molecule has 132 valence electrons. The molecule has 2 aromatic heterocycles. The summed E-state index contributed by atoms with van der Waals surface area (Å²) in [5.41, 5.74) is 4.40. The highest BCUT2D eigenvalue weighted by molar-refractivity contribution is 7.10. The van der Waals surface area contributed by atoms with Crippen LogP contribution in [-0.4, -0.2) is 20.7 Å². The lowest BCUT2D eigenvalue weighted by atomic mass is 9.98. The van der Waals surface area contributed by atoms with Gasteiger partial charge >= 0.3 is 0 Å². The minimum Gasteiger partial charge on any atom is -0.328 e. The summed E-state index contributed by atoms with van der Waals surface area (Å²) in [6, 6.07) is 9.53. The number of rotatable bonds is 3. The molecule has 0 spiro atoms. The van der Waals surface area contributed by atoms with Crippen LogP contribution in [0.25, 0.3) is 0 Å². The van der Waals surface area contributed by atoms with Crippen molar-refractivity contribution in [1.82, 2.24) is 14.8 Å². The molecule has 26 heavy (non-hydrogen) atoms. The van der Waals surface area contributed by atoms with E-state index in [2.05, 4.69) is 33.7 Å². The zero-order valence-electron chi connectivity index (χ0n) is 14.8. The minimum atomic E-state index is -0.294. The van der Waals surface area contributed by atoms with Gasteiger partial charge in [-0.15, -0.1) is 11.3 Å². The van der Waals surface area contributed by atoms with Gasteiger partial charge in [0, 0.05) is 16.3 Å². The van der Waals surface area contributed by atoms with E-state index in [0.29, 0.717) is 11.5 Å². The van der Waals surface area contributed by atoms with Crippen molar-refractivity contribution in [1.29, 1.82) is 0 Å². The molecule has 3 heterocycles. The van der Waals surface area contributed by atoms with Crippen molar-refractivity contribution in [2.45, 2.75) is 26.8 Å². The van der Waals surface area contributed by atoms with Crippen molar-refractivity contribution < 1.29 is 4.79 Å². The highest BCUT2D eigenvalue weighted by Crippen LogP contribution is 2.38. The third-order valence-electron chi connectivity index (χ3n) is 4.58. The Morgan fingerprint density at radius 2 is 2.00 bits per heavy atom. The minimum absolute atomic E-state index is 0.136. The van der Waals surface area contributed by atoms with Crippen LogP contribution in [0.2, 0.25) is 0 Å². The van der Waals surface area contributed by atoms with Crippen molar-refractivity contribution in [3.8, 4) is 0 Å². The number of amides is 1. The van der Waals surface area contributed by atoms with Gasteiger partial charge in [0.2, 0.25) is 5.95 Å². The van der Waals surface area contributed by atoms with Crippen LogP contribution in [0.15, 0.2) is 53.3 Å². The van der Waals surface area contributed by atoms with Gasteiger partial charge in [-0.1, -0.05) is 18.2 Å². The van der Waals surface area contributed by atoms with Crippen LogP contribution in [0.1, 0.15) is 29.0 Å². The van der Waals surface area contributed by atoms with Crippen molar-refractivity contribution in [2.24, 2.45) is 0 Å². The molecule has 7 heteroatoms. The molecule has 6 nitrogen and oxygen atoms in total. The first-order valence-corrected chi connectivity index (χ1v) is 9.22. The van der Waals surface area contributed by atoms with Gasteiger partial charge in [-0.25, -0.2) is 4.68 Å². The Bertz CT molecular complexity index is 1020. The predicted octanol–water partition coefficient (Wildman–Crippen LogP) is 3.88. The Morgan fingerprint density at radius 3 is 2.73 bits per heavy atom. The van der Waals surface area contributed by atoms with Crippen molar-refractivity contribution in [3.05, 3.63) is 69.3 Å². The van der Waals surface area contributed by atoms with Gasteiger partial charge in [-0.05, 0) is 49.4 Å². The van der Waals surface area contributed by atoms with Crippen molar-refractivity contribution in [3.63, 3.8) is 0 Å².